The van der Waals surface area contributed by atoms with E-state index in [0.717, 1.165) is 58.9 Å². The maximum atomic E-state index is 15.7. The van der Waals surface area contributed by atoms with Crippen molar-refractivity contribution in [1.29, 1.82) is 0 Å². The van der Waals surface area contributed by atoms with E-state index in [2.05, 4.69) is 21.3 Å². The lowest BCUT2D eigenvalue weighted by Gasteiger charge is -2.45. The van der Waals surface area contributed by atoms with Crippen molar-refractivity contribution in [3.63, 3.8) is 0 Å². The zero-order valence-electron chi connectivity index (χ0n) is 63.1. The Balaban J connectivity index is 1.48. The van der Waals surface area contributed by atoms with Crippen LogP contribution in [0.15, 0.2) is 18.2 Å². The van der Waals surface area contributed by atoms with Gasteiger partial charge in [0.05, 0.1) is 23.6 Å². The Kier molecular flexibility index (Phi) is 30.2. The third-order valence-corrected chi connectivity index (χ3v) is 22.7. The van der Waals surface area contributed by atoms with Crippen LogP contribution in [0, 0.1) is 23.7 Å². The zero-order valence-corrected chi connectivity index (χ0v) is 63.8. The maximum absolute atomic E-state index is 15.7. The minimum absolute atomic E-state index is 0.0103. The molecule has 3 saturated carbocycles. The van der Waals surface area contributed by atoms with Crippen LogP contribution >= 0.6 is 11.6 Å². The number of alkyl halides is 3. The van der Waals surface area contributed by atoms with Gasteiger partial charge in [-0.25, -0.2) is 0 Å². The van der Waals surface area contributed by atoms with Crippen molar-refractivity contribution in [2.45, 2.75) is 242 Å². The first-order valence-electron chi connectivity index (χ1n) is 36.7. The molecule has 26 nitrogen and oxygen atoms in total. The second-order valence-corrected chi connectivity index (χ2v) is 30.5. The van der Waals surface area contributed by atoms with E-state index in [1.54, 1.807) is 6.92 Å². The van der Waals surface area contributed by atoms with E-state index >= 15 is 24.0 Å². The number of hydrogen-bond acceptors (Lipinski definition) is 13. The van der Waals surface area contributed by atoms with Crippen molar-refractivity contribution in [3.05, 3.63) is 34.3 Å². The average Bonchev–Trinajstić information content (AvgIpc) is 1.50. The summed E-state index contributed by atoms with van der Waals surface area (Å²) in [7, 11) is 14.0. The fraction of sp³-hybridized carbons (Fsp3) is 0.740. The molecule has 0 bridgehead atoms. The molecule has 5 fully saturated rings. The van der Waals surface area contributed by atoms with E-state index in [0.29, 0.717) is 44.9 Å². The number of halogens is 4. The van der Waals surface area contributed by atoms with Crippen molar-refractivity contribution < 1.29 is 75.5 Å². The van der Waals surface area contributed by atoms with Crippen molar-refractivity contribution in [2.24, 2.45) is 23.7 Å². The lowest BCUT2D eigenvalue weighted by molar-refractivity contribution is -0.160. The van der Waals surface area contributed by atoms with Crippen molar-refractivity contribution in [3.8, 4) is 0 Å². The molecule has 1 aromatic carbocycles. The molecule has 0 radical (unpaired) electrons. The minimum atomic E-state index is -4.80. The Labute approximate surface area is 610 Å². The van der Waals surface area contributed by atoms with Gasteiger partial charge in [0.1, 0.15) is 59.9 Å². The SMILES string of the molecule is CC[C@H](C)[C@@H]1NC(=O)[C@H](CC(C)C)N(C)C(=O)C[C@@H](C(=O)N(C)C)N(C)C(=O)[C@H](C2CCCC2)N(C)C(=O)C2(CCCC2)NC(=O)[C@H](CCC(=O)NC)N(C)C(=O)[C@H](CCc2ccc(C(F)(F)F)c(Cl)c2)NC(=O)CN(C)C(=O)[C@H](CC2CCCCC2)N(C)C(=O)[C@@H]2CCN2C(=O)[C@H](C)N(C)C1=O. The Morgan fingerprint density at radius 2 is 1.30 bits per heavy atom. The third kappa shape index (κ3) is 20.7. The third-order valence-electron chi connectivity index (χ3n) is 22.4. The monoisotopic (exact) mass is 1470 g/mol. The van der Waals surface area contributed by atoms with E-state index in [9.17, 15) is 51.5 Å². The Hall–Kier alpha value is -7.59. The number of amides is 13. The van der Waals surface area contributed by atoms with Gasteiger partial charge in [-0.3, -0.25) is 62.3 Å². The molecule has 0 unspecified atom stereocenters. The van der Waals surface area contributed by atoms with Crippen LogP contribution in [0.3, 0.4) is 0 Å². The summed E-state index contributed by atoms with van der Waals surface area (Å²) >= 11 is 6.17. The van der Waals surface area contributed by atoms with E-state index < -0.39 is 178 Å². The number of aryl methyl sites for hydroxylation is 1. The first-order valence-corrected chi connectivity index (χ1v) is 37.0. The number of likely N-dealkylation sites (N-methyl/N-ethyl adjacent to an activating group) is 8. The second kappa shape index (κ2) is 36.9. The predicted molar refractivity (Wildman–Crippen MR) is 379 cm³/mol. The minimum Gasteiger partial charge on any atom is -0.359 e. The summed E-state index contributed by atoms with van der Waals surface area (Å²) in [5, 5.41) is 10.5. The van der Waals surface area contributed by atoms with Gasteiger partial charge in [0.2, 0.25) is 76.8 Å². The average molecular weight is 1470 g/mol. The van der Waals surface area contributed by atoms with Crippen molar-refractivity contribution in [1.82, 2.24) is 65.4 Å². The first kappa shape index (κ1) is 84.3. The molecule has 2 aliphatic heterocycles. The molecule has 576 valence electrons. The van der Waals surface area contributed by atoms with E-state index in [-0.39, 0.29) is 81.7 Å². The van der Waals surface area contributed by atoms with Gasteiger partial charge >= 0.3 is 6.18 Å². The number of carbonyl (C=O) groups is 13. The molecule has 3 aliphatic carbocycles. The highest BCUT2D eigenvalue weighted by Crippen LogP contribution is 2.39. The topological polar surface area (TPSA) is 299 Å². The molecular weight excluding hydrogens is 1360 g/mol. The molecule has 103 heavy (non-hydrogen) atoms. The Bertz CT molecular complexity index is 3250. The van der Waals surface area contributed by atoms with Gasteiger partial charge in [-0.2, -0.15) is 13.2 Å². The summed E-state index contributed by atoms with van der Waals surface area (Å²) in [5.41, 5.74) is -2.58. The number of benzene rings is 1. The van der Waals surface area contributed by atoms with Crippen LogP contribution in [0.1, 0.15) is 181 Å². The molecule has 13 amide bonds. The molecule has 5 aliphatic rings. The number of nitrogens with zero attached hydrogens (tertiary/aromatic N) is 9. The van der Waals surface area contributed by atoms with E-state index in [1.807, 2.05) is 20.8 Å². The molecule has 4 N–H and O–H groups in total. The molecule has 10 atom stereocenters. The molecule has 2 saturated heterocycles. The van der Waals surface area contributed by atoms with Gasteiger partial charge in [0.15, 0.2) is 0 Å². The molecule has 0 aromatic heterocycles. The van der Waals surface area contributed by atoms with E-state index in [1.165, 1.54) is 113 Å². The van der Waals surface area contributed by atoms with Crippen molar-refractivity contribution >= 4 is 88.4 Å². The predicted octanol–water partition coefficient (Wildman–Crippen LogP) is 5.00. The first-order chi connectivity index (χ1) is 48.3. The van der Waals surface area contributed by atoms with Crippen LogP contribution in [-0.4, -0.2) is 264 Å². The van der Waals surface area contributed by atoms with Crippen LogP contribution < -0.4 is 21.3 Å². The highest BCUT2D eigenvalue weighted by molar-refractivity contribution is 6.31. The van der Waals surface area contributed by atoms with Crippen LogP contribution in [0.4, 0.5) is 13.2 Å². The molecular formula is C73H113ClF3N13O13. The van der Waals surface area contributed by atoms with E-state index in [4.69, 9.17) is 11.6 Å². The molecule has 2 heterocycles. The fourth-order valence-electron chi connectivity index (χ4n) is 15.3. The number of hydrogen-bond donors (Lipinski definition) is 4. The van der Waals surface area contributed by atoms with Crippen LogP contribution in [0.5, 0.6) is 0 Å². The molecule has 6 rings (SSSR count). The Morgan fingerprint density at radius 1 is 0.689 bits per heavy atom. The van der Waals surface area contributed by atoms with Crippen LogP contribution in [0.2, 0.25) is 5.02 Å². The normalized spacial score (nSPS) is 26.7. The summed E-state index contributed by atoms with van der Waals surface area (Å²) in [6.45, 7) is 8.23. The van der Waals surface area contributed by atoms with Crippen LogP contribution in [0.25, 0.3) is 0 Å². The lowest BCUT2D eigenvalue weighted by Crippen LogP contribution is -2.65. The second-order valence-electron chi connectivity index (χ2n) is 30.1. The number of nitrogens with one attached hydrogen (secondary N) is 4. The van der Waals surface area contributed by atoms with Gasteiger partial charge in [0, 0.05) is 83.4 Å². The maximum Gasteiger partial charge on any atom is 0.417 e. The quantitative estimate of drug-likeness (QED) is 0.191. The van der Waals surface area contributed by atoms with Crippen LogP contribution in [-0.2, 0) is 74.9 Å². The van der Waals surface area contributed by atoms with Crippen molar-refractivity contribution in [2.75, 3.05) is 83.6 Å². The highest BCUT2D eigenvalue weighted by atomic mass is 35.5. The van der Waals surface area contributed by atoms with Gasteiger partial charge in [-0.1, -0.05) is 110 Å². The molecule has 1 spiro atoms. The highest BCUT2D eigenvalue weighted by Gasteiger charge is 2.52. The summed E-state index contributed by atoms with van der Waals surface area (Å²) in [6.07, 6.45) is 1.98. The van der Waals surface area contributed by atoms with Gasteiger partial charge in [-0.05, 0) is 112 Å². The molecule has 30 heteroatoms. The van der Waals surface area contributed by atoms with Gasteiger partial charge in [-0.15, -0.1) is 0 Å². The standard InChI is InChI=1S/C73H113ClF3N13O13/c1-16-44(4)60-69(101)84(10)45(5)64(96)90-37-34-53(90)68(100)87(13)55(40-46-24-18-17-19-25-46)67(99)83(9)42-58(92)79-51(31-29-47-28-30-49(50(74)39-47)73(75,76)77)65(97)86(12)52(32-33-57(91)78-6)63(95)81-72(35-22-23-36-72)71(103)89(15)61(48-26-20-21-27-48)70(102)88(14)56(66(98)82(7)8)41-59(93)85(11)54(38-43(2)3)62(94)80-60/h28,30,39,43-46,48,51-56,60-61H,16-27,29,31-38,40-42H2,1-15H3,(H,78,91)(H,79,92)(H,80,94)(H,81,95)/t44-,45-,51-,52-,53-,54-,55-,56-,60-,61-/m0/s1. The van der Waals surface area contributed by atoms with Gasteiger partial charge in [0.25, 0.3) is 0 Å². The smallest absolute Gasteiger partial charge is 0.359 e. The lowest BCUT2D eigenvalue weighted by atomic mass is 9.84. The summed E-state index contributed by atoms with van der Waals surface area (Å²) < 4.78 is 41.8. The fourth-order valence-corrected chi connectivity index (χ4v) is 15.6. The number of rotatable bonds is 14. The summed E-state index contributed by atoms with van der Waals surface area (Å²) in [5.74, 6) is -10.2. The molecule has 1 aromatic rings. The number of carbonyl (C=O) groups excluding carboxylic acids is 13. The summed E-state index contributed by atoms with van der Waals surface area (Å²) in [6, 6.07) is -8.68. The largest absolute Gasteiger partial charge is 0.417 e. The Morgan fingerprint density at radius 3 is 1.85 bits per heavy atom. The number of fused-ring (bicyclic) bond motifs is 1. The van der Waals surface area contributed by atoms with Gasteiger partial charge < -0.3 is 65.4 Å². The summed E-state index contributed by atoms with van der Waals surface area (Å²) in [4.78, 5) is 204. The zero-order chi connectivity index (χ0) is 76.9.